The largest absolute Gasteiger partial charge is 0.478 e. The number of rotatable bonds is 1. The van der Waals surface area contributed by atoms with Crippen molar-refractivity contribution >= 4 is 11.5 Å². The van der Waals surface area contributed by atoms with E-state index in [4.69, 9.17) is 5.11 Å². The van der Waals surface area contributed by atoms with Gasteiger partial charge in [0.25, 0.3) is 0 Å². The van der Waals surface area contributed by atoms with Gasteiger partial charge in [-0.05, 0) is 35.7 Å². The zero-order valence-electron chi connectivity index (χ0n) is 10.8. The van der Waals surface area contributed by atoms with Gasteiger partial charge in [-0.15, -0.1) is 0 Å². The van der Waals surface area contributed by atoms with Crippen molar-refractivity contribution in [3.05, 3.63) is 76.9 Å². The molecule has 0 amide bonds. The van der Waals surface area contributed by atoms with E-state index in [1.54, 1.807) is 18.2 Å². The number of hydrogen-bond acceptors (Lipinski definition) is 1. The van der Waals surface area contributed by atoms with Crippen LogP contribution in [0, 0.1) is 11.8 Å². The third-order valence-corrected chi connectivity index (χ3v) is 3.28. The smallest absolute Gasteiger partial charge is 0.335 e. The van der Waals surface area contributed by atoms with Gasteiger partial charge >= 0.3 is 5.97 Å². The molecule has 0 atom stereocenters. The van der Waals surface area contributed by atoms with E-state index in [1.807, 2.05) is 18.2 Å². The third-order valence-electron chi connectivity index (χ3n) is 3.28. The van der Waals surface area contributed by atoms with Crippen LogP contribution in [0.2, 0.25) is 0 Å². The quantitative estimate of drug-likeness (QED) is 0.798. The summed E-state index contributed by atoms with van der Waals surface area (Å²) < 4.78 is 0. The highest BCUT2D eigenvalue weighted by atomic mass is 16.4. The molecule has 1 N–H and O–H groups in total. The summed E-state index contributed by atoms with van der Waals surface area (Å²) in [4.78, 5) is 10.9. The molecule has 3 rings (SSSR count). The first kappa shape index (κ1) is 12.3. The Morgan fingerprint density at radius 2 is 1.90 bits per heavy atom. The summed E-state index contributed by atoms with van der Waals surface area (Å²) >= 11 is 0. The summed E-state index contributed by atoms with van der Waals surface area (Å²) in [5.41, 5.74) is 4.46. The lowest BCUT2D eigenvalue weighted by atomic mass is 10.1. The molecule has 0 heterocycles. The van der Waals surface area contributed by atoms with E-state index in [0.717, 1.165) is 17.6 Å². The first-order valence-electron chi connectivity index (χ1n) is 6.38. The van der Waals surface area contributed by atoms with Crippen molar-refractivity contribution in [2.24, 2.45) is 0 Å². The van der Waals surface area contributed by atoms with E-state index in [9.17, 15) is 4.79 Å². The SMILES string of the molecule is O=C(O)c1cccc(C#CC2=CCc3ccccc32)c1. The monoisotopic (exact) mass is 260 g/mol. The van der Waals surface area contributed by atoms with Crippen LogP contribution in [-0.4, -0.2) is 11.1 Å². The van der Waals surface area contributed by atoms with E-state index < -0.39 is 5.97 Å². The van der Waals surface area contributed by atoms with Crippen molar-refractivity contribution < 1.29 is 9.90 Å². The molecule has 0 aliphatic heterocycles. The Kier molecular flexibility index (Phi) is 3.10. The van der Waals surface area contributed by atoms with Crippen LogP contribution in [-0.2, 0) is 6.42 Å². The van der Waals surface area contributed by atoms with Gasteiger partial charge in [-0.1, -0.05) is 48.2 Å². The normalized spacial score (nSPS) is 12.1. The van der Waals surface area contributed by atoms with Crippen molar-refractivity contribution in [3.63, 3.8) is 0 Å². The van der Waals surface area contributed by atoms with Gasteiger partial charge in [0.2, 0.25) is 0 Å². The molecule has 0 bridgehead atoms. The predicted octanol–water partition coefficient (Wildman–Crippen LogP) is 3.38. The fourth-order valence-electron chi connectivity index (χ4n) is 2.27. The number of hydrogen-bond donors (Lipinski definition) is 1. The number of carboxylic acids is 1. The Balaban J connectivity index is 1.91. The summed E-state index contributed by atoms with van der Waals surface area (Å²) in [7, 11) is 0. The van der Waals surface area contributed by atoms with E-state index in [1.165, 1.54) is 11.1 Å². The average molecular weight is 260 g/mol. The maximum absolute atomic E-state index is 10.9. The minimum absolute atomic E-state index is 0.262. The van der Waals surface area contributed by atoms with Gasteiger partial charge in [0.1, 0.15) is 0 Å². The molecule has 2 heteroatoms. The molecule has 1 aliphatic rings. The maximum Gasteiger partial charge on any atom is 0.335 e. The molecule has 1 aliphatic carbocycles. The second kappa shape index (κ2) is 5.07. The summed E-state index contributed by atoms with van der Waals surface area (Å²) in [6, 6.07) is 14.9. The van der Waals surface area contributed by atoms with Gasteiger partial charge in [0.05, 0.1) is 5.56 Å². The van der Waals surface area contributed by atoms with Gasteiger partial charge in [0.15, 0.2) is 0 Å². The summed E-state index contributed by atoms with van der Waals surface area (Å²) in [5.74, 6) is 5.25. The van der Waals surface area contributed by atoms with E-state index in [-0.39, 0.29) is 5.56 Å². The molecule has 96 valence electrons. The van der Waals surface area contributed by atoms with Gasteiger partial charge in [-0.25, -0.2) is 4.79 Å². The molecule has 2 aromatic rings. The topological polar surface area (TPSA) is 37.3 Å². The number of fused-ring (bicyclic) bond motifs is 1. The molecule has 0 fully saturated rings. The number of benzene rings is 2. The molecule has 0 radical (unpaired) electrons. The van der Waals surface area contributed by atoms with Crippen molar-refractivity contribution in [2.45, 2.75) is 6.42 Å². The Hall–Kier alpha value is -2.79. The Morgan fingerprint density at radius 1 is 1.05 bits per heavy atom. The van der Waals surface area contributed by atoms with Crippen LogP contribution in [0.15, 0.2) is 54.6 Å². The van der Waals surface area contributed by atoms with Crippen LogP contribution in [0.1, 0.15) is 27.0 Å². The lowest BCUT2D eigenvalue weighted by molar-refractivity contribution is 0.0697. The first-order chi connectivity index (χ1) is 9.74. The molecular weight excluding hydrogens is 248 g/mol. The van der Waals surface area contributed by atoms with Gasteiger partial charge in [-0.2, -0.15) is 0 Å². The number of allylic oxidation sites excluding steroid dienone is 2. The molecule has 2 nitrogen and oxygen atoms in total. The van der Waals surface area contributed by atoms with E-state index in [0.29, 0.717) is 0 Å². The molecule has 0 saturated carbocycles. The predicted molar refractivity (Wildman–Crippen MR) is 78.4 cm³/mol. The molecule has 0 unspecified atom stereocenters. The second-order valence-corrected chi connectivity index (χ2v) is 4.62. The van der Waals surface area contributed by atoms with Crippen molar-refractivity contribution in [2.75, 3.05) is 0 Å². The zero-order valence-corrected chi connectivity index (χ0v) is 10.8. The second-order valence-electron chi connectivity index (χ2n) is 4.62. The third kappa shape index (κ3) is 2.34. The highest BCUT2D eigenvalue weighted by Crippen LogP contribution is 2.26. The van der Waals surface area contributed by atoms with Crippen molar-refractivity contribution in [1.82, 2.24) is 0 Å². The minimum Gasteiger partial charge on any atom is -0.478 e. The van der Waals surface area contributed by atoms with Crippen LogP contribution in [0.5, 0.6) is 0 Å². The first-order valence-corrected chi connectivity index (χ1v) is 6.38. The lowest BCUT2D eigenvalue weighted by Crippen LogP contribution is -1.95. The molecular formula is C18H12O2. The fraction of sp³-hybridized carbons (Fsp3) is 0.0556. The van der Waals surface area contributed by atoms with Crippen LogP contribution in [0.3, 0.4) is 0 Å². The van der Waals surface area contributed by atoms with Crippen LogP contribution in [0.4, 0.5) is 0 Å². The molecule has 20 heavy (non-hydrogen) atoms. The van der Waals surface area contributed by atoms with Crippen molar-refractivity contribution in [1.29, 1.82) is 0 Å². The number of aromatic carboxylic acids is 1. The summed E-state index contributed by atoms with van der Waals surface area (Å²) in [5, 5.41) is 8.96. The van der Waals surface area contributed by atoms with Crippen molar-refractivity contribution in [3.8, 4) is 11.8 Å². The highest BCUT2D eigenvalue weighted by Gasteiger charge is 2.10. The molecule has 2 aromatic carbocycles. The zero-order chi connectivity index (χ0) is 13.9. The standard InChI is InChI=1S/C18H12O2/c19-18(20)16-6-3-4-13(12-16)8-9-15-11-10-14-5-1-2-7-17(14)15/h1-7,11-12H,10H2,(H,19,20). The molecule has 0 spiro atoms. The summed E-state index contributed by atoms with van der Waals surface area (Å²) in [6.07, 6.45) is 3.02. The Bertz CT molecular complexity index is 773. The van der Waals surface area contributed by atoms with E-state index in [2.05, 4.69) is 30.0 Å². The fourth-order valence-corrected chi connectivity index (χ4v) is 2.27. The van der Waals surface area contributed by atoms with E-state index >= 15 is 0 Å². The average Bonchev–Trinajstić information content (AvgIpc) is 2.89. The number of carboxylic acid groups (broad SMARTS) is 1. The molecule has 0 saturated heterocycles. The van der Waals surface area contributed by atoms with Gasteiger partial charge in [0, 0.05) is 11.1 Å². The Morgan fingerprint density at radius 3 is 2.75 bits per heavy atom. The van der Waals surface area contributed by atoms with Gasteiger partial charge < -0.3 is 5.11 Å². The maximum atomic E-state index is 10.9. The number of carbonyl (C=O) groups is 1. The van der Waals surface area contributed by atoms with Gasteiger partial charge in [-0.3, -0.25) is 0 Å². The highest BCUT2D eigenvalue weighted by molar-refractivity contribution is 5.88. The lowest BCUT2D eigenvalue weighted by Gasteiger charge is -1.98. The van der Waals surface area contributed by atoms with Crippen LogP contribution in [0.25, 0.3) is 5.57 Å². The van der Waals surface area contributed by atoms with Crippen LogP contribution >= 0.6 is 0 Å². The Labute approximate surface area is 117 Å². The molecule has 0 aromatic heterocycles. The summed E-state index contributed by atoms with van der Waals surface area (Å²) in [6.45, 7) is 0. The van der Waals surface area contributed by atoms with Crippen LogP contribution < -0.4 is 0 Å². The minimum atomic E-state index is -0.931.